The van der Waals surface area contributed by atoms with E-state index in [-0.39, 0.29) is 23.2 Å². The lowest BCUT2D eigenvalue weighted by Crippen LogP contribution is -2.26. The molecule has 0 N–H and O–H groups in total. The fourth-order valence-electron chi connectivity index (χ4n) is 2.22. The summed E-state index contributed by atoms with van der Waals surface area (Å²) in [6, 6.07) is 9.62. The third kappa shape index (κ3) is 2.97. The topological polar surface area (TPSA) is 65.1 Å². The number of alkyl halides is 1. The average Bonchev–Trinajstić information content (AvgIpc) is 2.46. The highest BCUT2D eigenvalue weighted by atomic mass is 35.5. The smallest absolute Gasteiger partial charge is 0.270 e. The first kappa shape index (κ1) is 15.3. The van der Waals surface area contributed by atoms with E-state index in [1.54, 1.807) is 28.8 Å². The molecule has 0 bridgehead atoms. The normalized spacial score (nSPS) is 10.9. The predicted octanol–water partition coefficient (Wildman–Crippen LogP) is 3.74. The van der Waals surface area contributed by atoms with Gasteiger partial charge in [-0.1, -0.05) is 18.2 Å². The lowest BCUT2D eigenvalue weighted by Gasteiger charge is -2.17. The zero-order valence-corrected chi connectivity index (χ0v) is 12.5. The number of non-ortho nitro benzene ring substituents is 1. The summed E-state index contributed by atoms with van der Waals surface area (Å²) in [6.45, 7) is 3.78. The Bertz CT molecular complexity index is 738. The molecule has 2 rings (SSSR count). The zero-order valence-electron chi connectivity index (χ0n) is 11.7. The number of hydrogen-bond donors (Lipinski definition) is 0. The van der Waals surface area contributed by atoms with Gasteiger partial charge in [0.05, 0.1) is 16.5 Å². The number of benzene rings is 1. The molecule has 0 saturated heterocycles. The molecule has 0 saturated carbocycles. The van der Waals surface area contributed by atoms with Crippen molar-refractivity contribution in [1.29, 1.82) is 0 Å². The predicted molar refractivity (Wildman–Crippen MR) is 82.7 cm³/mol. The maximum atomic E-state index is 12.4. The minimum absolute atomic E-state index is 0.00308. The van der Waals surface area contributed by atoms with Crippen molar-refractivity contribution in [3.05, 3.63) is 62.4 Å². The molecule has 0 aliphatic carbocycles. The molecule has 0 aliphatic heterocycles. The van der Waals surface area contributed by atoms with Gasteiger partial charge in [0.2, 0.25) is 0 Å². The molecule has 21 heavy (non-hydrogen) atoms. The van der Waals surface area contributed by atoms with Crippen LogP contribution < -0.4 is 5.56 Å². The third-order valence-corrected chi connectivity index (χ3v) is 3.50. The number of aromatic nitrogens is 1. The lowest BCUT2D eigenvalue weighted by molar-refractivity contribution is -0.384. The van der Waals surface area contributed by atoms with Crippen LogP contribution in [-0.4, -0.2) is 9.49 Å². The van der Waals surface area contributed by atoms with Crippen molar-refractivity contribution in [3.63, 3.8) is 0 Å². The first-order valence-electron chi connectivity index (χ1n) is 6.51. The Morgan fingerprint density at radius 2 is 2.00 bits per heavy atom. The Kier molecular flexibility index (Phi) is 4.43. The van der Waals surface area contributed by atoms with Crippen LogP contribution in [0.15, 0.2) is 41.2 Å². The molecule has 6 heteroatoms. The lowest BCUT2D eigenvalue weighted by atomic mass is 10.1. The van der Waals surface area contributed by atoms with Crippen molar-refractivity contribution < 1.29 is 4.92 Å². The highest BCUT2D eigenvalue weighted by molar-refractivity contribution is 6.17. The van der Waals surface area contributed by atoms with E-state index in [4.69, 9.17) is 11.6 Å². The number of nitro groups is 1. The number of nitrogens with zero attached hydrogens (tertiary/aromatic N) is 2. The highest BCUT2D eigenvalue weighted by Crippen LogP contribution is 2.25. The van der Waals surface area contributed by atoms with Gasteiger partial charge in [-0.2, -0.15) is 0 Å². The second-order valence-electron chi connectivity index (χ2n) is 4.95. The molecule has 0 radical (unpaired) electrons. The van der Waals surface area contributed by atoms with Crippen LogP contribution in [0.1, 0.15) is 25.5 Å². The van der Waals surface area contributed by atoms with E-state index in [2.05, 4.69) is 0 Å². The van der Waals surface area contributed by atoms with E-state index < -0.39 is 4.92 Å². The summed E-state index contributed by atoms with van der Waals surface area (Å²) in [5, 5.41) is 10.9. The first-order chi connectivity index (χ1) is 9.95. The molecule has 1 aromatic carbocycles. The largest absolute Gasteiger partial charge is 0.306 e. The van der Waals surface area contributed by atoms with E-state index in [0.29, 0.717) is 16.8 Å². The van der Waals surface area contributed by atoms with Gasteiger partial charge < -0.3 is 4.57 Å². The van der Waals surface area contributed by atoms with E-state index in [1.165, 1.54) is 12.1 Å². The van der Waals surface area contributed by atoms with Gasteiger partial charge in [-0.3, -0.25) is 14.9 Å². The Hall–Kier alpha value is -2.14. The minimum Gasteiger partial charge on any atom is -0.306 e. The van der Waals surface area contributed by atoms with Crippen LogP contribution in [0.25, 0.3) is 11.3 Å². The summed E-state index contributed by atoms with van der Waals surface area (Å²) in [5.41, 5.74) is 1.63. The molecule has 1 aromatic heterocycles. The Labute approximate surface area is 126 Å². The van der Waals surface area contributed by atoms with Gasteiger partial charge in [0.1, 0.15) is 0 Å². The number of rotatable bonds is 4. The van der Waals surface area contributed by atoms with Gasteiger partial charge in [-0.05, 0) is 19.9 Å². The highest BCUT2D eigenvalue weighted by Gasteiger charge is 2.14. The molecule has 0 atom stereocenters. The number of pyridine rings is 1. The molecular formula is C15H15ClN2O3. The fourth-order valence-corrected chi connectivity index (χ4v) is 2.43. The zero-order chi connectivity index (χ0) is 15.6. The average molecular weight is 307 g/mol. The molecule has 1 heterocycles. The van der Waals surface area contributed by atoms with Gasteiger partial charge in [0, 0.05) is 29.3 Å². The monoisotopic (exact) mass is 306 g/mol. The van der Waals surface area contributed by atoms with Crippen LogP contribution >= 0.6 is 11.6 Å². The van der Waals surface area contributed by atoms with Crippen molar-refractivity contribution in [1.82, 2.24) is 4.57 Å². The maximum absolute atomic E-state index is 12.4. The van der Waals surface area contributed by atoms with Crippen LogP contribution in [0.5, 0.6) is 0 Å². The Morgan fingerprint density at radius 3 is 2.57 bits per heavy atom. The fraction of sp³-hybridized carbons (Fsp3) is 0.267. The molecule has 0 aliphatic rings. The molecule has 0 amide bonds. The van der Waals surface area contributed by atoms with E-state index in [9.17, 15) is 14.9 Å². The summed E-state index contributed by atoms with van der Waals surface area (Å²) in [7, 11) is 0. The first-order valence-corrected chi connectivity index (χ1v) is 7.04. The molecule has 0 spiro atoms. The van der Waals surface area contributed by atoms with Crippen LogP contribution in [0.2, 0.25) is 0 Å². The van der Waals surface area contributed by atoms with E-state index in [1.807, 2.05) is 13.8 Å². The summed E-state index contributed by atoms with van der Waals surface area (Å²) < 4.78 is 1.61. The van der Waals surface area contributed by atoms with Crippen molar-refractivity contribution in [2.24, 2.45) is 0 Å². The molecule has 0 fully saturated rings. The van der Waals surface area contributed by atoms with Gasteiger partial charge in [-0.15, -0.1) is 11.6 Å². The number of halogens is 1. The molecule has 2 aromatic rings. The van der Waals surface area contributed by atoms with Crippen molar-refractivity contribution in [2.45, 2.75) is 25.8 Å². The molecular weight excluding hydrogens is 292 g/mol. The van der Waals surface area contributed by atoms with Gasteiger partial charge in [0.25, 0.3) is 11.2 Å². The Morgan fingerprint density at radius 1 is 1.29 bits per heavy atom. The summed E-state index contributed by atoms with van der Waals surface area (Å²) in [4.78, 5) is 22.8. The molecule has 110 valence electrons. The number of hydrogen-bond acceptors (Lipinski definition) is 3. The van der Waals surface area contributed by atoms with E-state index in [0.717, 1.165) is 0 Å². The van der Waals surface area contributed by atoms with Crippen LogP contribution in [0, 0.1) is 10.1 Å². The maximum Gasteiger partial charge on any atom is 0.270 e. The van der Waals surface area contributed by atoms with Crippen LogP contribution in [0.3, 0.4) is 0 Å². The quantitative estimate of drug-likeness (QED) is 0.491. The van der Waals surface area contributed by atoms with E-state index >= 15 is 0 Å². The summed E-state index contributed by atoms with van der Waals surface area (Å²) in [5.74, 6) is 0.140. The van der Waals surface area contributed by atoms with Crippen molar-refractivity contribution in [2.75, 3.05) is 0 Å². The third-order valence-electron chi connectivity index (χ3n) is 3.21. The van der Waals surface area contributed by atoms with Crippen molar-refractivity contribution >= 4 is 17.3 Å². The van der Waals surface area contributed by atoms with Crippen LogP contribution in [0.4, 0.5) is 5.69 Å². The SMILES string of the molecule is CC(C)n1c(-c2cccc([N+](=O)[O-])c2)ccc(CCl)c1=O. The van der Waals surface area contributed by atoms with Gasteiger partial charge in [0.15, 0.2) is 0 Å². The van der Waals surface area contributed by atoms with Gasteiger partial charge in [-0.25, -0.2) is 0 Å². The molecule has 0 unspecified atom stereocenters. The summed E-state index contributed by atoms with van der Waals surface area (Å²) in [6.07, 6.45) is 0. The standard InChI is InChI=1S/C15H15ClN2O3/c1-10(2)17-14(7-6-12(9-16)15(17)19)11-4-3-5-13(8-11)18(20)21/h3-8,10H,9H2,1-2H3. The minimum atomic E-state index is -0.450. The van der Waals surface area contributed by atoms with Crippen LogP contribution in [-0.2, 0) is 5.88 Å². The Balaban J connectivity index is 2.69. The summed E-state index contributed by atoms with van der Waals surface area (Å²) >= 11 is 5.77. The van der Waals surface area contributed by atoms with Crippen molar-refractivity contribution in [3.8, 4) is 11.3 Å². The second kappa shape index (κ2) is 6.10. The van der Waals surface area contributed by atoms with Gasteiger partial charge >= 0.3 is 0 Å². The second-order valence-corrected chi connectivity index (χ2v) is 5.22. The molecule has 5 nitrogen and oxygen atoms in total. The number of nitro benzene ring substituents is 1.